The van der Waals surface area contributed by atoms with Crippen LogP contribution >= 0.6 is 0 Å². The van der Waals surface area contributed by atoms with Crippen LogP contribution in [0.25, 0.3) is 0 Å². The number of hydrogen-bond acceptors (Lipinski definition) is 2. The molecule has 3 N–H and O–H groups in total. The Morgan fingerprint density at radius 1 is 0.812 bits per heavy atom. The number of urea groups is 1. The van der Waals surface area contributed by atoms with Crippen molar-refractivity contribution < 1.29 is 13.6 Å². The molecule has 0 radical (unpaired) electrons. The molecule has 32 heavy (non-hydrogen) atoms. The molecule has 0 aliphatic heterocycles. The van der Waals surface area contributed by atoms with Gasteiger partial charge >= 0.3 is 6.03 Å². The molecule has 2 aromatic carbocycles. The third-order valence-electron chi connectivity index (χ3n) is 6.85. The summed E-state index contributed by atoms with van der Waals surface area (Å²) in [6.07, 6.45) is 9.96. The predicted octanol–water partition coefficient (Wildman–Crippen LogP) is 5.79. The second-order valence-corrected chi connectivity index (χ2v) is 9.33. The summed E-state index contributed by atoms with van der Waals surface area (Å²) in [4.78, 5) is 12.5. The fourth-order valence-electron chi connectivity index (χ4n) is 5.26. The Morgan fingerprint density at radius 2 is 1.47 bits per heavy atom. The number of carbonyl (C=O) groups excluding carboxylic acids is 1. The van der Waals surface area contributed by atoms with Gasteiger partial charge < -0.3 is 16.0 Å². The molecule has 4 nitrogen and oxygen atoms in total. The van der Waals surface area contributed by atoms with Crippen LogP contribution in [0.1, 0.15) is 56.9 Å². The molecule has 0 saturated heterocycles. The average molecular weight is 442 g/mol. The van der Waals surface area contributed by atoms with Gasteiger partial charge in [-0.2, -0.15) is 0 Å². The quantitative estimate of drug-likeness (QED) is 0.532. The minimum atomic E-state index is -0.322. The van der Waals surface area contributed by atoms with Crippen LogP contribution in [0.2, 0.25) is 0 Å². The molecular formula is C26H33F2N3O. The van der Waals surface area contributed by atoms with Gasteiger partial charge in [-0.25, -0.2) is 13.6 Å². The maximum absolute atomic E-state index is 13.2. The van der Waals surface area contributed by atoms with Gasteiger partial charge in [0, 0.05) is 23.8 Å². The second-order valence-electron chi connectivity index (χ2n) is 9.33. The fraction of sp³-hybridized carbons (Fsp3) is 0.500. The zero-order valence-electron chi connectivity index (χ0n) is 18.5. The van der Waals surface area contributed by atoms with E-state index in [1.807, 2.05) is 12.1 Å². The minimum absolute atomic E-state index is 0.0849. The summed E-state index contributed by atoms with van der Waals surface area (Å²) in [6.45, 7) is 0. The van der Waals surface area contributed by atoms with E-state index in [9.17, 15) is 13.6 Å². The molecule has 0 heterocycles. The van der Waals surface area contributed by atoms with Crippen LogP contribution in [0.4, 0.5) is 19.3 Å². The Labute approximate surface area is 189 Å². The highest BCUT2D eigenvalue weighted by molar-refractivity contribution is 5.89. The van der Waals surface area contributed by atoms with Gasteiger partial charge in [-0.05, 0) is 80.0 Å². The minimum Gasteiger partial charge on any atom is -0.334 e. The van der Waals surface area contributed by atoms with Crippen molar-refractivity contribution in [2.24, 2.45) is 5.92 Å². The van der Waals surface area contributed by atoms with E-state index in [4.69, 9.17) is 0 Å². The molecule has 4 rings (SSSR count). The lowest BCUT2D eigenvalue weighted by atomic mass is 9.81. The van der Waals surface area contributed by atoms with Crippen molar-refractivity contribution in [3.05, 3.63) is 65.7 Å². The van der Waals surface area contributed by atoms with E-state index in [1.54, 1.807) is 24.3 Å². The topological polar surface area (TPSA) is 53.2 Å². The van der Waals surface area contributed by atoms with Gasteiger partial charge in [-0.15, -0.1) is 0 Å². The summed E-state index contributed by atoms with van der Waals surface area (Å²) in [5.41, 5.74) is 1.78. The monoisotopic (exact) mass is 441 g/mol. The second kappa shape index (κ2) is 10.9. The van der Waals surface area contributed by atoms with Crippen molar-refractivity contribution >= 4 is 11.7 Å². The van der Waals surface area contributed by atoms with Crippen molar-refractivity contribution in [3.8, 4) is 0 Å². The Hall–Kier alpha value is -2.47. The molecule has 2 aliphatic rings. The van der Waals surface area contributed by atoms with Crippen LogP contribution in [0.15, 0.2) is 48.5 Å². The predicted molar refractivity (Wildman–Crippen MR) is 124 cm³/mol. The van der Waals surface area contributed by atoms with Crippen molar-refractivity contribution in [1.82, 2.24) is 10.6 Å². The highest BCUT2D eigenvalue weighted by atomic mass is 19.1. The molecule has 2 aliphatic carbocycles. The summed E-state index contributed by atoms with van der Waals surface area (Å²) >= 11 is 0. The van der Waals surface area contributed by atoms with Crippen molar-refractivity contribution in [1.29, 1.82) is 0 Å². The fourth-order valence-corrected chi connectivity index (χ4v) is 5.26. The zero-order valence-corrected chi connectivity index (χ0v) is 18.5. The lowest BCUT2D eigenvalue weighted by Crippen LogP contribution is -2.55. The van der Waals surface area contributed by atoms with Gasteiger partial charge in [0.25, 0.3) is 0 Å². The van der Waals surface area contributed by atoms with E-state index in [2.05, 4.69) is 16.0 Å². The largest absolute Gasteiger partial charge is 0.334 e. The summed E-state index contributed by atoms with van der Waals surface area (Å²) in [7, 11) is 0. The first-order valence-electron chi connectivity index (χ1n) is 11.9. The molecule has 0 aromatic heterocycles. The van der Waals surface area contributed by atoms with Crippen LogP contribution in [0.5, 0.6) is 0 Å². The standard InChI is InChI=1S/C26H33F2N3O/c27-20-10-8-18(9-11-20)16-19-4-3-5-23(17-19)29-24-6-1-2-7-25(24)31-26(32)30-22-14-12-21(28)13-15-22/h8-15,19,23-25,29H,1-7,16-17H2,(H2,30,31,32)/t19-,23-,24+,25+/m0/s1. The van der Waals surface area contributed by atoms with Crippen LogP contribution < -0.4 is 16.0 Å². The highest BCUT2D eigenvalue weighted by Gasteiger charge is 2.30. The summed E-state index contributed by atoms with van der Waals surface area (Å²) in [5, 5.41) is 9.80. The van der Waals surface area contributed by atoms with E-state index in [-0.39, 0.29) is 29.7 Å². The Balaban J connectivity index is 1.29. The third-order valence-corrected chi connectivity index (χ3v) is 6.85. The molecule has 2 aromatic rings. The zero-order chi connectivity index (χ0) is 22.3. The molecular weight excluding hydrogens is 408 g/mol. The Morgan fingerprint density at radius 3 is 2.19 bits per heavy atom. The van der Waals surface area contributed by atoms with E-state index >= 15 is 0 Å². The maximum Gasteiger partial charge on any atom is 0.319 e. The van der Waals surface area contributed by atoms with Gasteiger partial charge in [0.05, 0.1) is 0 Å². The SMILES string of the molecule is O=C(Nc1ccc(F)cc1)N[C@@H]1CCCC[C@H]1N[C@H]1CCC[C@@H](Cc2ccc(F)cc2)C1. The van der Waals surface area contributed by atoms with E-state index < -0.39 is 0 Å². The average Bonchev–Trinajstić information content (AvgIpc) is 2.79. The lowest BCUT2D eigenvalue weighted by Gasteiger charge is -2.38. The number of anilines is 1. The van der Waals surface area contributed by atoms with Crippen molar-refractivity contribution in [2.75, 3.05) is 5.32 Å². The number of rotatable bonds is 6. The van der Waals surface area contributed by atoms with Gasteiger partial charge in [0.2, 0.25) is 0 Å². The molecule has 0 spiro atoms. The van der Waals surface area contributed by atoms with Crippen LogP contribution in [-0.4, -0.2) is 24.2 Å². The van der Waals surface area contributed by atoms with Gasteiger partial charge in [-0.1, -0.05) is 37.8 Å². The van der Waals surface area contributed by atoms with Gasteiger partial charge in [0.1, 0.15) is 11.6 Å². The number of halogens is 2. The van der Waals surface area contributed by atoms with Crippen LogP contribution in [0.3, 0.4) is 0 Å². The third kappa shape index (κ3) is 6.52. The summed E-state index contributed by atoms with van der Waals surface area (Å²) < 4.78 is 26.3. The van der Waals surface area contributed by atoms with E-state index in [0.29, 0.717) is 17.6 Å². The lowest BCUT2D eigenvalue weighted by molar-refractivity contribution is 0.209. The highest BCUT2D eigenvalue weighted by Crippen LogP contribution is 2.29. The molecule has 0 unspecified atom stereocenters. The smallest absolute Gasteiger partial charge is 0.319 e. The molecule has 172 valence electrons. The number of amides is 2. The molecule has 6 heteroatoms. The number of benzene rings is 2. The molecule has 0 bridgehead atoms. The van der Waals surface area contributed by atoms with Crippen LogP contribution in [-0.2, 0) is 6.42 Å². The normalized spacial score (nSPS) is 25.8. The molecule has 2 saturated carbocycles. The first-order valence-corrected chi connectivity index (χ1v) is 11.9. The van der Waals surface area contributed by atoms with Crippen LogP contribution in [0, 0.1) is 17.6 Å². The van der Waals surface area contributed by atoms with Gasteiger partial charge in [-0.3, -0.25) is 0 Å². The number of carbonyl (C=O) groups is 1. The molecule has 2 fully saturated rings. The Kier molecular flexibility index (Phi) is 7.74. The number of hydrogen-bond donors (Lipinski definition) is 3. The maximum atomic E-state index is 13.2. The summed E-state index contributed by atoms with van der Waals surface area (Å²) in [6, 6.07) is 13.2. The first-order chi connectivity index (χ1) is 15.5. The number of nitrogens with one attached hydrogen (secondary N) is 3. The van der Waals surface area contributed by atoms with E-state index in [1.165, 1.54) is 37.0 Å². The van der Waals surface area contributed by atoms with Crippen molar-refractivity contribution in [2.45, 2.75) is 75.9 Å². The van der Waals surface area contributed by atoms with Gasteiger partial charge in [0.15, 0.2) is 0 Å². The first kappa shape index (κ1) is 22.7. The van der Waals surface area contributed by atoms with Crippen molar-refractivity contribution in [3.63, 3.8) is 0 Å². The molecule has 2 amide bonds. The Bertz CT molecular complexity index is 872. The molecule has 4 atom stereocenters. The van der Waals surface area contributed by atoms with E-state index in [0.717, 1.165) is 38.5 Å². The summed E-state index contributed by atoms with van der Waals surface area (Å²) in [5.74, 6) is 0.0949.